The van der Waals surface area contributed by atoms with Crippen molar-refractivity contribution in [1.29, 1.82) is 0 Å². The summed E-state index contributed by atoms with van der Waals surface area (Å²) in [4.78, 5) is 26.1. The van der Waals surface area contributed by atoms with Crippen LogP contribution in [0.5, 0.6) is 0 Å². The molecule has 1 fully saturated rings. The van der Waals surface area contributed by atoms with Crippen molar-refractivity contribution in [3.63, 3.8) is 0 Å². The lowest BCUT2D eigenvalue weighted by molar-refractivity contribution is -0.121. The number of hydrogen-bond acceptors (Lipinski definition) is 4. The second kappa shape index (κ2) is 5.92. The highest BCUT2D eigenvalue weighted by molar-refractivity contribution is 7.12. The van der Waals surface area contributed by atoms with E-state index < -0.39 is 0 Å². The van der Waals surface area contributed by atoms with E-state index in [-0.39, 0.29) is 24.3 Å². The van der Waals surface area contributed by atoms with Gasteiger partial charge in [-0.05, 0) is 25.5 Å². The minimum Gasteiger partial charge on any atom is -0.358 e. The molecule has 3 rings (SSSR count). The maximum absolute atomic E-state index is 12.2. The largest absolute Gasteiger partial charge is 0.358 e. The molecular weight excluding hydrogens is 300 g/mol. The molecule has 2 amide bonds. The Morgan fingerprint density at radius 3 is 2.95 bits per heavy atom. The molecule has 2 N–H and O–H groups in total. The number of thiophene rings is 1. The van der Waals surface area contributed by atoms with Crippen molar-refractivity contribution in [3.8, 4) is 0 Å². The summed E-state index contributed by atoms with van der Waals surface area (Å²) in [5.74, 6) is 0.284. The number of nitrogens with one attached hydrogen (secondary N) is 2. The molecule has 1 aliphatic rings. The highest BCUT2D eigenvalue weighted by Gasteiger charge is 2.44. The molecule has 0 radical (unpaired) electrons. The number of nitrogens with zero attached hydrogens (tertiary/aromatic N) is 2. The van der Waals surface area contributed by atoms with Crippen LogP contribution in [0.25, 0.3) is 0 Å². The number of carbonyl (C=O) groups is 2. The molecule has 116 valence electrons. The minimum atomic E-state index is -0.128. The Kier molecular flexibility index (Phi) is 3.98. The second-order valence-corrected chi connectivity index (χ2v) is 6.81. The first-order chi connectivity index (χ1) is 10.6. The summed E-state index contributed by atoms with van der Waals surface area (Å²) in [6.07, 6.45) is 4.13. The van der Waals surface area contributed by atoms with E-state index >= 15 is 0 Å². The third-order valence-electron chi connectivity index (χ3n) is 3.74. The predicted molar refractivity (Wildman–Crippen MR) is 84.8 cm³/mol. The first-order valence-corrected chi connectivity index (χ1v) is 7.98. The maximum atomic E-state index is 12.2. The van der Waals surface area contributed by atoms with Gasteiger partial charge in [0.15, 0.2) is 0 Å². The highest BCUT2D eigenvalue weighted by Crippen LogP contribution is 2.50. The fourth-order valence-corrected chi connectivity index (χ4v) is 3.48. The summed E-state index contributed by atoms with van der Waals surface area (Å²) in [6.45, 7) is 2.22. The molecule has 1 saturated carbocycles. The van der Waals surface area contributed by atoms with Crippen LogP contribution in [0, 0.1) is 12.8 Å². The first kappa shape index (κ1) is 14.8. The van der Waals surface area contributed by atoms with Crippen LogP contribution in [0.4, 0.5) is 5.69 Å². The molecule has 2 atom stereocenters. The van der Waals surface area contributed by atoms with Gasteiger partial charge >= 0.3 is 0 Å². The number of rotatable bonds is 5. The van der Waals surface area contributed by atoms with Gasteiger partial charge in [0.2, 0.25) is 11.8 Å². The number of likely N-dealkylation sites (N-methyl/N-ethyl adjacent to an activating group) is 1. The predicted octanol–water partition coefficient (Wildman–Crippen LogP) is 1.74. The van der Waals surface area contributed by atoms with Crippen LogP contribution in [0.2, 0.25) is 0 Å². The van der Waals surface area contributed by atoms with Gasteiger partial charge in [-0.15, -0.1) is 11.3 Å². The lowest BCUT2D eigenvalue weighted by Gasteiger charge is -2.01. The van der Waals surface area contributed by atoms with Gasteiger partial charge in [-0.2, -0.15) is 5.10 Å². The molecule has 0 bridgehead atoms. The van der Waals surface area contributed by atoms with Gasteiger partial charge in [-0.25, -0.2) is 0 Å². The van der Waals surface area contributed by atoms with Crippen LogP contribution < -0.4 is 10.6 Å². The highest BCUT2D eigenvalue weighted by atomic mass is 32.1. The zero-order chi connectivity index (χ0) is 15.7. The lowest BCUT2D eigenvalue weighted by Crippen LogP contribution is -2.23. The molecule has 0 aliphatic heterocycles. The van der Waals surface area contributed by atoms with E-state index in [2.05, 4.69) is 34.8 Å². The van der Waals surface area contributed by atoms with E-state index in [1.807, 2.05) is 0 Å². The number of carbonyl (C=O) groups excluding carboxylic acids is 2. The van der Waals surface area contributed by atoms with E-state index in [9.17, 15) is 9.59 Å². The van der Waals surface area contributed by atoms with Crippen molar-refractivity contribution >= 4 is 28.8 Å². The molecule has 0 saturated heterocycles. The smallest absolute Gasteiger partial charge is 0.241 e. The van der Waals surface area contributed by atoms with E-state index in [4.69, 9.17) is 0 Å². The Bertz CT molecular complexity index is 706. The van der Waals surface area contributed by atoms with Gasteiger partial charge in [0.1, 0.15) is 6.54 Å². The maximum Gasteiger partial charge on any atom is 0.241 e. The van der Waals surface area contributed by atoms with Crippen LogP contribution in [0.3, 0.4) is 0 Å². The summed E-state index contributed by atoms with van der Waals surface area (Å²) in [5.41, 5.74) is 0.627. The number of aromatic nitrogens is 2. The van der Waals surface area contributed by atoms with Gasteiger partial charge in [-0.3, -0.25) is 14.3 Å². The Morgan fingerprint density at radius 1 is 1.45 bits per heavy atom. The molecule has 6 nitrogen and oxygen atoms in total. The van der Waals surface area contributed by atoms with Gasteiger partial charge in [0.25, 0.3) is 0 Å². The second-order valence-electron chi connectivity index (χ2n) is 5.49. The van der Waals surface area contributed by atoms with E-state index in [1.54, 1.807) is 30.8 Å². The van der Waals surface area contributed by atoms with Crippen molar-refractivity contribution in [2.45, 2.75) is 25.8 Å². The molecule has 22 heavy (non-hydrogen) atoms. The molecule has 2 heterocycles. The lowest BCUT2D eigenvalue weighted by atomic mass is 10.2. The molecule has 2 aromatic heterocycles. The Hall–Kier alpha value is -2.15. The van der Waals surface area contributed by atoms with E-state index in [1.165, 1.54) is 14.4 Å². The van der Waals surface area contributed by atoms with Crippen LogP contribution >= 0.6 is 11.3 Å². The monoisotopic (exact) mass is 318 g/mol. The van der Waals surface area contributed by atoms with E-state index in [0.29, 0.717) is 11.6 Å². The Morgan fingerprint density at radius 2 is 2.27 bits per heavy atom. The summed E-state index contributed by atoms with van der Waals surface area (Å²) < 4.78 is 1.50. The van der Waals surface area contributed by atoms with Gasteiger partial charge < -0.3 is 10.6 Å². The first-order valence-electron chi connectivity index (χ1n) is 7.17. The Labute approximate surface area is 132 Å². The van der Waals surface area contributed by atoms with Crippen molar-refractivity contribution in [3.05, 3.63) is 34.3 Å². The fourth-order valence-electron chi connectivity index (χ4n) is 2.43. The number of aryl methyl sites for hydroxylation is 1. The molecule has 1 aliphatic carbocycles. The number of amides is 2. The van der Waals surface area contributed by atoms with Crippen molar-refractivity contribution in [2.75, 3.05) is 12.4 Å². The van der Waals surface area contributed by atoms with Crippen molar-refractivity contribution in [2.24, 2.45) is 5.92 Å². The van der Waals surface area contributed by atoms with Gasteiger partial charge in [0, 0.05) is 34.8 Å². The SMILES string of the molecule is CNC(=O)Cn1cc(NC(=O)[C@H]2C[C@@H]2c2ccc(C)s2)cn1. The summed E-state index contributed by atoms with van der Waals surface area (Å²) in [5, 5.41) is 9.47. The van der Waals surface area contributed by atoms with Crippen LogP contribution in [0.15, 0.2) is 24.5 Å². The normalized spacial score (nSPS) is 19.7. The molecule has 0 spiro atoms. The molecular formula is C15H18N4O2S. The van der Waals surface area contributed by atoms with Crippen LogP contribution in [0.1, 0.15) is 22.1 Å². The molecule has 0 aromatic carbocycles. The average molecular weight is 318 g/mol. The third kappa shape index (κ3) is 3.19. The fraction of sp³-hybridized carbons (Fsp3) is 0.400. The zero-order valence-electron chi connectivity index (χ0n) is 12.5. The van der Waals surface area contributed by atoms with Crippen molar-refractivity contribution in [1.82, 2.24) is 15.1 Å². The van der Waals surface area contributed by atoms with Crippen LogP contribution in [-0.4, -0.2) is 28.6 Å². The standard InChI is InChI=1S/C15H18N4O2S/c1-9-3-4-13(22-9)11-5-12(11)15(21)18-10-6-17-19(7-10)8-14(20)16-2/h3-4,6-7,11-12H,5,8H2,1-2H3,(H,16,20)(H,18,21)/t11-,12-/m0/s1. The quantitative estimate of drug-likeness (QED) is 0.881. The van der Waals surface area contributed by atoms with Crippen LogP contribution in [-0.2, 0) is 16.1 Å². The average Bonchev–Trinajstić information content (AvgIpc) is 3.00. The van der Waals surface area contributed by atoms with Crippen molar-refractivity contribution < 1.29 is 9.59 Å². The summed E-state index contributed by atoms with van der Waals surface area (Å²) in [7, 11) is 1.58. The summed E-state index contributed by atoms with van der Waals surface area (Å²) in [6, 6.07) is 4.20. The zero-order valence-corrected chi connectivity index (χ0v) is 13.3. The third-order valence-corrected chi connectivity index (χ3v) is 4.87. The Balaban J connectivity index is 1.56. The number of hydrogen-bond donors (Lipinski definition) is 2. The minimum absolute atomic E-state index is 0.0237. The number of anilines is 1. The topological polar surface area (TPSA) is 76.0 Å². The van der Waals surface area contributed by atoms with E-state index in [0.717, 1.165) is 6.42 Å². The molecule has 0 unspecified atom stereocenters. The van der Waals surface area contributed by atoms with Gasteiger partial charge in [-0.1, -0.05) is 0 Å². The molecule has 7 heteroatoms. The molecule has 2 aromatic rings. The van der Waals surface area contributed by atoms with Gasteiger partial charge in [0.05, 0.1) is 11.9 Å². The summed E-state index contributed by atoms with van der Waals surface area (Å²) >= 11 is 1.76.